The van der Waals surface area contributed by atoms with E-state index in [1.165, 1.54) is 186 Å². The summed E-state index contributed by atoms with van der Waals surface area (Å²) in [4.78, 5) is 13.0. The first kappa shape index (κ1) is 39.5. The van der Waals surface area contributed by atoms with Crippen molar-refractivity contribution in [3.63, 3.8) is 0 Å². The second kappa shape index (κ2) is 34.7. The van der Waals surface area contributed by atoms with E-state index >= 15 is 0 Å². The van der Waals surface area contributed by atoms with Gasteiger partial charge in [-0.25, -0.2) is 0 Å². The molecule has 0 bridgehead atoms. The average molecular weight is 565 g/mol. The molecule has 0 aromatic rings. The van der Waals surface area contributed by atoms with Crippen LogP contribution in [0.4, 0.5) is 0 Å². The average Bonchev–Trinajstić information content (AvgIpc) is 2.96. The number of carbonyl (C=O) groups excluding carboxylic acids is 1. The maximum atomic E-state index is 13.0. The minimum absolute atomic E-state index is 0.113. The van der Waals surface area contributed by atoms with Crippen LogP contribution in [0, 0.1) is 5.92 Å². The van der Waals surface area contributed by atoms with Crippen LogP contribution in [-0.2, 0) is 9.53 Å². The molecule has 0 aromatic heterocycles. The number of ether oxygens (including phenoxy) is 1. The lowest BCUT2D eigenvalue weighted by Gasteiger charge is -2.16. The molecule has 1 atom stereocenters. The third-order valence-corrected chi connectivity index (χ3v) is 8.89. The molecule has 0 N–H and O–H groups in total. The molecule has 0 spiro atoms. The Bertz CT molecular complexity index is 474. The van der Waals surface area contributed by atoms with Crippen LogP contribution in [0.3, 0.4) is 0 Å². The Morgan fingerprint density at radius 3 is 0.925 bits per heavy atom. The number of unbranched alkanes of at least 4 members (excludes halogenated alkanes) is 27. The SMILES string of the molecule is CCCCCCCCCCCCCCOC(=O)C(CCCCCCCCCC)CCCCCCCCCCCC. The fourth-order valence-corrected chi connectivity index (χ4v) is 6.02. The summed E-state index contributed by atoms with van der Waals surface area (Å²) in [6, 6.07) is 0. The highest BCUT2D eigenvalue weighted by Gasteiger charge is 2.19. The van der Waals surface area contributed by atoms with Crippen molar-refractivity contribution in [3.05, 3.63) is 0 Å². The summed E-state index contributed by atoms with van der Waals surface area (Å²) in [5, 5.41) is 0. The van der Waals surface area contributed by atoms with Crippen LogP contribution in [0.15, 0.2) is 0 Å². The van der Waals surface area contributed by atoms with Crippen molar-refractivity contribution >= 4 is 5.97 Å². The van der Waals surface area contributed by atoms with Crippen molar-refractivity contribution in [1.29, 1.82) is 0 Å². The molecule has 0 amide bonds. The predicted molar refractivity (Wildman–Crippen MR) is 179 cm³/mol. The van der Waals surface area contributed by atoms with Gasteiger partial charge >= 0.3 is 5.97 Å². The lowest BCUT2D eigenvalue weighted by Crippen LogP contribution is -2.18. The van der Waals surface area contributed by atoms with Gasteiger partial charge in [0.25, 0.3) is 0 Å². The number of carbonyl (C=O) groups is 1. The molecule has 0 saturated heterocycles. The standard InChI is InChI=1S/C38H76O2/c1-4-7-10-13-16-19-21-22-24-27-30-33-36-40-38(39)37(34-31-28-25-18-15-12-9-6-3)35-32-29-26-23-20-17-14-11-8-5-2/h37H,4-36H2,1-3H3. The van der Waals surface area contributed by atoms with E-state index in [1.54, 1.807) is 0 Å². The van der Waals surface area contributed by atoms with Crippen LogP contribution in [0.1, 0.15) is 226 Å². The van der Waals surface area contributed by atoms with Gasteiger partial charge in [0, 0.05) is 0 Å². The molecule has 0 aliphatic heterocycles. The minimum atomic E-state index is 0.113. The van der Waals surface area contributed by atoms with E-state index in [0.29, 0.717) is 6.61 Å². The highest BCUT2D eigenvalue weighted by molar-refractivity contribution is 5.72. The summed E-state index contributed by atoms with van der Waals surface area (Å²) in [6.45, 7) is 7.50. The second-order valence-corrected chi connectivity index (χ2v) is 13.0. The van der Waals surface area contributed by atoms with E-state index in [4.69, 9.17) is 4.74 Å². The van der Waals surface area contributed by atoms with Crippen LogP contribution in [0.5, 0.6) is 0 Å². The van der Waals surface area contributed by atoms with Gasteiger partial charge in [0.2, 0.25) is 0 Å². The van der Waals surface area contributed by atoms with E-state index < -0.39 is 0 Å². The molecule has 0 fully saturated rings. The maximum Gasteiger partial charge on any atom is 0.308 e. The van der Waals surface area contributed by atoms with E-state index in [9.17, 15) is 4.79 Å². The Balaban J connectivity index is 3.99. The molecule has 240 valence electrons. The summed E-state index contributed by atoms with van der Waals surface area (Å²) in [5.41, 5.74) is 0. The summed E-state index contributed by atoms with van der Waals surface area (Å²) >= 11 is 0. The van der Waals surface area contributed by atoms with E-state index in [2.05, 4.69) is 20.8 Å². The summed E-state index contributed by atoms with van der Waals surface area (Å²) in [5.74, 6) is 0.258. The molecule has 2 nitrogen and oxygen atoms in total. The molecular formula is C38H76O2. The zero-order valence-electron chi connectivity index (χ0n) is 28.2. The molecule has 1 unspecified atom stereocenters. The highest BCUT2D eigenvalue weighted by Crippen LogP contribution is 2.22. The fourth-order valence-electron chi connectivity index (χ4n) is 6.02. The summed E-state index contributed by atoms with van der Waals surface area (Å²) in [7, 11) is 0. The first-order valence-electron chi connectivity index (χ1n) is 18.9. The van der Waals surface area contributed by atoms with Crippen molar-refractivity contribution in [2.24, 2.45) is 5.92 Å². The molecule has 0 saturated carbocycles. The zero-order valence-corrected chi connectivity index (χ0v) is 28.2. The third kappa shape index (κ3) is 30.4. The van der Waals surface area contributed by atoms with E-state index in [-0.39, 0.29) is 11.9 Å². The molecule has 0 radical (unpaired) electrons. The van der Waals surface area contributed by atoms with Gasteiger partial charge in [0.05, 0.1) is 12.5 Å². The van der Waals surface area contributed by atoms with Crippen LogP contribution in [0.2, 0.25) is 0 Å². The topological polar surface area (TPSA) is 26.3 Å². The molecule has 0 aliphatic rings. The Labute approximate surface area is 254 Å². The van der Waals surface area contributed by atoms with E-state index in [1.807, 2.05) is 0 Å². The van der Waals surface area contributed by atoms with E-state index in [0.717, 1.165) is 19.3 Å². The Morgan fingerprint density at radius 2 is 0.625 bits per heavy atom. The first-order chi connectivity index (χ1) is 19.8. The van der Waals surface area contributed by atoms with Crippen molar-refractivity contribution in [1.82, 2.24) is 0 Å². The maximum absolute atomic E-state index is 13.0. The van der Waals surface area contributed by atoms with Gasteiger partial charge < -0.3 is 4.74 Å². The number of esters is 1. The third-order valence-electron chi connectivity index (χ3n) is 8.89. The smallest absolute Gasteiger partial charge is 0.308 e. The van der Waals surface area contributed by atoms with Gasteiger partial charge in [-0.3, -0.25) is 4.79 Å². The quantitative estimate of drug-likeness (QED) is 0.0574. The van der Waals surface area contributed by atoms with Crippen molar-refractivity contribution in [2.75, 3.05) is 6.61 Å². The molecular weight excluding hydrogens is 488 g/mol. The first-order valence-corrected chi connectivity index (χ1v) is 18.9. The predicted octanol–water partition coefficient (Wildman–Crippen LogP) is 13.7. The minimum Gasteiger partial charge on any atom is -0.465 e. The van der Waals surface area contributed by atoms with Crippen molar-refractivity contribution in [3.8, 4) is 0 Å². The van der Waals surface area contributed by atoms with Gasteiger partial charge in [0.15, 0.2) is 0 Å². The molecule has 0 rings (SSSR count). The normalized spacial score (nSPS) is 12.2. The number of rotatable bonds is 34. The summed E-state index contributed by atoms with van der Waals surface area (Å²) in [6.07, 6.45) is 42.5. The lowest BCUT2D eigenvalue weighted by molar-refractivity contribution is -0.149. The monoisotopic (exact) mass is 565 g/mol. The zero-order chi connectivity index (χ0) is 29.2. The Kier molecular flexibility index (Phi) is 34.2. The van der Waals surface area contributed by atoms with Gasteiger partial charge in [-0.1, -0.05) is 207 Å². The van der Waals surface area contributed by atoms with Crippen LogP contribution in [-0.4, -0.2) is 12.6 Å². The molecule has 0 heterocycles. The Morgan fingerprint density at radius 1 is 0.375 bits per heavy atom. The van der Waals surface area contributed by atoms with Gasteiger partial charge in [-0.15, -0.1) is 0 Å². The van der Waals surface area contributed by atoms with Crippen molar-refractivity contribution in [2.45, 2.75) is 226 Å². The summed E-state index contributed by atoms with van der Waals surface area (Å²) < 4.78 is 5.82. The van der Waals surface area contributed by atoms with Crippen molar-refractivity contribution < 1.29 is 9.53 Å². The molecule has 40 heavy (non-hydrogen) atoms. The largest absolute Gasteiger partial charge is 0.465 e. The number of hydrogen-bond donors (Lipinski definition) is 0. The highest BCUT2D eigenvalue weighted by atomic mass is 16.5. The van der Waals surface area contributed by atoms with Crippen LogP contribution >= 0.6 is 0 Å². The second-order valence-electron chi connectivity index (χ2n) is 13.0. The van der Waals surface area contributed by atoms with Gasteiger partial charge in [0.1, 0.15) is 0 Å². The lowest BCUT2D eigenvalue weighted by atomic mass is 9.94. The van der Waals surface area contributed by atoms with Crippen LogP contribution < -0.4 is 0 Å². The fraction of sp³-hybridized carbons (Fsp3) is 0.974. The molecule has 0 aromatic carbocycles. The Hall–Kier alpha value is -0.530. The van der Waals surface area contributed by atoms with Gasteiger partial charge in [-0.05, 0) is 19.3 Å². The van der Waals surface area contributed by atoms with Crippen LogP contribution in [0.25, 0.3) is 0 Å². The van der Waals surface area contributed by atoms with Gasteiger partial charge in [-0.2, -0.15) is 0 Å². The molecule has 0 aliphatic carbocycles. The molecule has 2 heteroatoms. The number of hydrogen-bond acceptors (Lipinski definition) is 2.